The van der Waals surface area contributed by atoms with Crippen molar-refractivity contribution in [3.8, 4) is 0 Å². The van der Waals surface area contributed by atoms with Gasteiger partial charge in [-0.15, -0.1) is 0 Å². The second-order valence-electron chi connectivity index (χ2n) is 5.36. The number of likely N-dealkylation sites (tertiary alicyclic amines) is 1. The van der Waals surface area contributed by atoms with Crippen LogP contribution in [0.2, 0.25) is 0 Å². The van der Waals surface area contributed by atoms with Crippen LogP contribution in [0.5, 0.6) is 0 Å². The van der Waals surface area contributed by atoms with Crippen LogP contribution in [-0.2, 0) is 4.74 Å². The number of rotatable bonds is 5. The highest BCUT2D eigenvalue weighted by molar-refractivity contribution is 4.87. The predicted octanol–water partition coefficient (Wildman–Crippen LogP) is 1.73. The summed E-state index contributed by atoms with van der Waals surface area (Å²) in [5.74, 6) is 0.661. The fourth-order valence-electron chi connectivity index (χ4n) is 2.79. The van der Waals surface area contributed by atoms with Crippen molar-refractivity contribution in [2.75, 3.05) is 27.3 Å². The zero-order valence-corrected chi connectivity index (χ0v) is 11.5. The summed E-state index contributed by atoms with van der Waals surface area (Å²) in [5.41, 5.74) is 0. The average Bonchev–Trinajstić information content (AvgIpc) is 2.26. The molecule has 0 aromatic carbocycles. The van der Waals surface area contributed by atoms with Crippen LogP contribution < -0.4 is 5.32 Å². The molecule has 0 aliphatic carbocycles. The Bertz CT molecular complexity index is 196. The number of hydrogen-bond acceptors (Lipinski definition) is 3. The van der Waals surface area contributed by atoms with E-state index in [1.165, 1.54) is 19.4 Å². The average molecular weight is 228 g/mol. The summed E-state index contributed by atoms with van der Waals surface area (Å²) >= 11 is 0. The Morgan fingerprint density at radius 3 is 2.56 bits per heavy atom. The number of nitrogens with zero attached hydrogens (tertiary/aromatic N) is 1. The molecule has 1 fully saturated rings. The van der Waals surface area contributed by atoms with E-state index in [0.717, 1.165) is 6.61 Å². The number of ether oxygens (including phenoxy) is 1. The standard InChI is InChI=1S/C13H28N2O/c1-10(2)13(9-16-5)15-7-6-12(14-4)8-11(15)3/h10-14H,6-9H2,1-5H3. The summed E-state index contributed by atoms with van der Waals surface area (Å²) in [4.78, 5) is 2.63. The summed E-state index contributed by atoms with van der Waals surface area (Å²) in [6.07, 6.45) is 2.51. The smallest absolute Gasteiger partial charge is 0.0620 e. The Hall–Kier alpha value is -0.120. The lowest BCUT2D eigenvalue weighted by molar-refractivity contribution is 0.0172. The molecule has 1 heterocycles. The van der Waals surface area contributed by atoms with Crippen molar-refractivity contribution in [3.05, 3.63) is 0 Å². The molecule has 1 saturated heterocycles. The van der Waals surface area contributed by atoms with Crippen LogP contribution in [0, 0.1) is 5.92 Å². The maximum atomic E-state index is 5.36. The highest BCUT2D eigenvalue weighted by Crippen LogP contribution is 2.23. The Balaban J connectivity index is 2.57. The Morgan fingerprint density at radius 1 is 1.44 bits per heavy atom. The normalized spacial score (nSPS) is 29.6. The minimum absolute atomic E-state index is 0.567. The molecule has 0 aromatic heterocycles. The molecule has 0 radical (unpaired) electrons. The van der Waals surface area contributed by atoms with E-state index in [1.54, 1.807) is 7.11 Å². The maximum Gasteiger partial charge on any atom is 0.0620 e. The van der Waals surface area contributed by atoms with Gasteiger partial charge >= 0.3 is 0 Å². The Kier molecular flexibility index (Phi) is 5.73. The van der Waals surface area contributed by atoms with E-state index in [2.05, 4.69) is 38.0 Å². The molecule has 1 aliphatic heterocycles. The summed E-state index contributed by atoms with van der Waals surface area (Å²) in [5, 5.41) is 3.40. The molecule has 3 nitrogen and oxygen atoms in total. The van der Waals surface area contributed by atoms with Gasteiger partial charge in [-0.3, -0.25) is 4.90 Å². The van der Waals surface area contributed by atoms with Crippen LogP contribution in [0.15, 0.2) is 0 Å². The molecule has 0 spiro atoms. The molecular formula is C13H28N2O. The zero-order chi connectivity index (χ0) is 12.1. The van der Waals surface area contributed by atoms with E-state index in [0.29, 0.717) is 24.0 Å². The second-order valence-corrected chi connectivity index (χ2v) is 5.36. The third kappa shape index (κ3) is 3.44. The number of methoxy groups -OCH3 is 1. The molecule has 0 bridgehead atoms. The molecule has 3 atom stereocenters. The van der Waals surface area contributed by atoms with E-state index < -0.39 is 0 Å². The lowest BCUT2D eigenvalue weighted by Gasteiger charge is -2.43. The molecule has 0 saturated carbocycles. The molecule has 16 heavy (non-hydrogen) atoms. The molecule has 1 rings (SSSR count). The minimum Gasteiger partial charge on any atom is -0.383 e. The van der Waals surface area contributed by atoms with Gasteiger partial charge in [0.05, 0.1) is 6.61 Å². The highest BCUT2D eigenvalue weighted by atomic mass is 16.5. The summed E-state index contributed by atoms with van der Waals surface area (Å²) in [7, 11) is 3.88. The first-order valence-electron chi connectivity index (χ1n) is 6.52. The van der Waals surface area contributed by atoms with Crippen LogP contribution in [0.1, 0.15) is 33.6 Å². The first-order chi connectivity index (χ1) is 7.60. The molecule has 0 amide bonds. The Morgan fingerprint density at radius 2 is 2.12 bits per heavy atom. The van der Waals surface area contributed by atoms with Crippen molar-refractivity contribution >= 4 is 0 Å². The van der Waals surface area contributed by atoms with E-state index in [-0.39, 0.29) is 0 Å². The van der Waals surface area contributed by atoms with Crippen LogP contribution in [0.4, 0.5) is 0 Å². The predicted molar refractivity (Wildman–Crippen MR) is 68.8 cm³/mol. The van der Waals surface area contributed by atoms with Crippen molar-refractivity contribution in [1.82, 2.24) is 10.2 Å². The van der Waals surface area contributed by atoms with E-state index >= 15 is 0 Å². The topological polar surface area (TPSA) is 24.5 Å². The molecule has 0 aromatic rings. The van der Waals surface area contributed by atoms with Crippen molar-refractivity contribution < 1.29 is 4.74 Å². The van der Waals surface area contributed by atoms with E-state index in [9.17, 15) is 0 Å². The van der Waals surface area contributed by atoms with Crippen LogP contribution in [0.25, 0.3) is 0 Å². The molecular weight excluding hydrogens is 200 g/mol. The summed E-state index contributed by atoms with van der Waals surface area (Å²) < 4.78 is 5.36. The second kappa shape index (κ2) is 6.58. The van der Waals surface area contributed by atoms with Gasteiger partial charge in [0.15, 0.2) is 0 Å². The van der Waals surface area contributed by atoms with Gasteiger partial charge < -0.3 is 10.1 Å². The van der Waals surface area contributed by atoms with Gasteiger partial charge in [-0.1, -0.05) is 13.8 Å². The van der Waals surface area contributed by atoms with Gasteiger partial charge in [-0.05, 0) is 32.7 Å². The third-order valence-corrected chi connectivity index (χ3v) is 3.87. The lowest BCUT2D eigenvalue weighted by Crippen LogP contribution is -2.53. The van der Waals surface area contributed by atoms with Gasteiger partial charge in [0.2, 0.25) is 0 Å². The van der Waals surface area contributed by atoms with E-state index in [1.807, 2.05) is 0 Å². The highest BCUT2D eigenvalue weighted by Gasteiger charge is 2.31. The molecule has 1 aliphatic rings. The number of nitrogens with one attached hydrogen (secondary N) is 1. The van der Waals surface area contributed by atoms with Crippen molar-refractivity contribution in [1.29, 1.82) is 0 Å². The molecule has 3 unspecified atom stereocenters. The monoisotopic (exact) mass is 228 g/mol. The summed E-state index contributed by atoms with van der Waals surface area (Å²) in [6, 6.07) is 1.92. The van der Waals surface area contributed by atoms with E-state index in [4.69, 9.17) is 4.74 Å². The fraction of sp³-hybridized carbons (Fsp3) is 1.00. The number of hydrogen-bond donors (Lipinski definition) is 1. The largest absolute Gasteiger partial charge is 0.383 e. The fourth-order valence-corrected chi connectivity index (χ4v) is 2.79. The minimum atomic E-state index is 0.567. The van der Waals surface area contributed by atoms with Gasteiger partial charge in [0, 0.05) is 31.8 Å². The summed E-state index contributed by atoms with van der Waals surface area (Å²) in [6.45, 7) is 8.97. The Labute approximate surface area is 101 Å². The molecule has 1 N–H and O–H groups in total. The SMILES string of the molecule is CNC1CCN(C(COC)C(C)C)C(C)C1. The molecule has 96 valence electrons. The van der Waals surface area contributed by atoms with Crippen LogP contribution in [-0.4, -0.2) is 50.3 Å². The van der Waals surface area contributed by atoms with Crippen LogP contribution in [0.3, 0.4) is 0 Å². The zero-order valence-electron chi connectivity index (χ0n) is 11.5. The first kappa shape index (κ1) is 13.9. The van der Waals surface area contributed by atoms with Gasteiger partial charge in [-0.2, -0.15) is 0 Å². The van der Waals surface area contributed by atoms with Crippen LogP contribution >= 0.6 is 0 Å². The van der Waals surface area contributed by atoms with Crippen molar-refractivity contribution in [2.24, 2.45) is 5.92 Å². The number of piperidine rings is 1. The maximum absolute atomic E-state index is 5.36. The quantitative estimate of drug-likeness (QED) is 0.775. The van der Waals surface area contributed by atoms with Gasteiger partial charge in [0.1, 0.15) is 0 Å². The first-order valence-corrected chi connectivity index (χ1v) is 6.52. The van der Waals surface area contributed by atoms with Crippen molar-refractivity contribution in [3.63, 3.8) is 0 Å². The third-order valence-electron chi connectivity index (χ3n) is 3.87. The van der Waals surface area contributed by atoms with Crippen molar-refractivity contribution in [2.45, 2.75) is 51.7 Å². The van der Waals surface area contributed by atoms with Gasteiger partial charge in [0.25, 0.3) is 0 Å². The van der Waals surface area contributed by atoms with Gasteiger partial charge in [-0.25, -0.2) is 0 Å². The molecule has 3 heteroatoms. The lowest BCUT2D eigenvalue weighted by atomic mass is 9.93.